The van der Waals surface area contributed by atoms with E-state index in [1.165, 1.54) is 0 Å². The summed E-state index contributed by atoms with van der Waals surface area (Å²) in [5.41, 5.74) is 0.852. The van der Waals surface area contributed by atoms with Crippen LogP contribution in [0.25, 0.3) is 0 Å². The standard InChI is InChI=1S/C14H23ClN2O3S/c1-3-5-16-10-14(7-13(16)8-15)21(18,19)17-6-4-12(9-17)11-20-2/h7,10,12H,3-6,8-9,11H2,1-2H3. The molecule has 1 saturated heterocycles. The van der Waals surface area contributed by atoms with Crippen LogP contribution in [-0.4, -0.2) is 44.1 Å². The highest BCUT2D eigenvalue weighted by Gasteiger charge is 2.33. The molecule has 1 aromatic rings. The molecule has 0 amide bonds. The largest absolute Gasteiger partial charge is 0.384 e. The first-order chi connectivity index (χ1) is 10.0. The van der Waals surface area contributed by atoms with Crippen LogP contribution in [0.5, 0.6) is 0 Å². The maximum absolute atomic E-state index is 12.7. The fourth-order valence-electron chi connectivity index (χ4n) is 2.76. The van der Waals surface area contributed by atoms with E-state index in [0.29, 0.717) is 30.5 Å². The van der Waals surface area contributed by atoms with Gasteiger partial charge in [0.05, 0.1) is 12.5 Å². The fourth-order valence-corrected chi connectivity index (χ4v) is 4.59. The second-order valence-corrected chi connectivity index (χ2v) is 7.67. The number of ether oxygens (including phenoxy) is 1. The molecule has 21 heavy (non-hydrogen) atoms. The van der Waals surface area contributed by atoms with Gasteiger partial charge in [0.2, 0.25) is 10.0 Å². The van der Waals surface area contributed by atoms with E-state index in [-0.39, 0.29) is 5.92 Å². The summed E-state index contributed by atoms with van der Waals surface area (Å²) in [6.45, 7) is 4.54. The number of hydrogen-bond donors (Lipinski definition) is 0. The quantitative estimate of drug-likeness (QED) is 0.719. The Balaban J connectivity index is 2.20. The number of aryl methyl sites for hydroxylation is 1. The third kappa shape index (κ3) is 3.62. The zero-order valence-corrected chi connectivity index (χ0v) is 14.2. The van der Waals surface area contributed by atoms with E-state index in [1.807, 2.05) is 4.57 Å². The zero-order valence-electron chi connectivity index (χ0n) is 12.6. The third-order valence-electron chi connectivity index (χ3n) is 3.85. The molecule has 2 heterocycles. The maximum Gasteiger partial charge on any atom is 0.244 e. The number of sulfonamides is 1. The predicted molar refractivity (Wildman–Crippen MR) is 83.0 cm³/mol. The molecule has 0 saturated carbocycles. The number of aromatic nitrogens is 1. The molecule has 0 aromatic carbocycles. The van der Waals surface area contributed by atoms with Gasteiger partial charge in [0, 0.05) is 38.6 Å². The lowest BCUT2D eigenvalue weighted by Gasteiger charge is -2.15. The molecule has 120 valence electrons. The molecule has 7 heteroatoms. The first-order valence-electron chi connectivity index (χ1n) is 7.27. The van der Waals surface area contributed by atoms with Gasteiger partial charge in [-0.05, 0) is 24.8 Å². The molecule has 0 bridgehead atoms. The van der Waals surface area contributed by atoms with Crippen molar-refractivity contribution < 1.29 is 13.2 Å². The number of hydrogen-bond acceptors (Lipinski definition) is 3. The lowest BCUT2D eigenvalue weighted by molar-refractivity contribution is 0.157. The van der Waals surface area contributed by atoms with Gasteiger partial charge >= 0.3 is 0 Å². The minimum atomic E-state index is -3.42. The Morgan fingerprint density at radius 3 is 2.86 bits per heavy atom. The molecule has 5 nitrogen and oxygen atoms in total. The highest BCUT2D eigenvalue weighted by atomic mass is 35.5. The molecule has 1 aromatic heterocycles. The van der Waals surface area contributed by atoms with Crippen LogP contribution < -0.4 is 0 Å². The fraction of sp³-hybridized carbons (Fsp3) is 0.714. The van der Waals surface area contributed by atoms with E-state index in [2.05, 4.69) is 6.92 Å². The summed E-state index contributed by atoms with van der Waals surface area (Å²) in [6.07, 6.45) is 3.50. The lowest BCUT2D eigenvalue weighted by atomic mass is 10.1. The molecule has 1 aliphatic rings. The lowest BCUT2D eigenvalue weighted by Crippen LogP contribution is -2.29. The molecule has 1 aliphatic heterocycles. The minimum absolute atomic E-state index is 0.287. The molecular weight excluding hydrogens is 312 g/mol. The van der Waals surface area contributed by atoms with Gasteiger partial charge in [0.15, 0.2) is 0 Å². The van der Waals surface area contributed by atoms with E-state index in [4.69, 9.17) is 16.3 Å². The van der Waals surface area contributed by atoms with Crippen molar-refractivity contribution in [2.24, 2.45) is 5.92 Å². The molecule has 0 radical (unpaired) electrons. The molecular formula is C14H23ClN2O3S. The molecule has 0 aliphatic carbocycles. The molecule has 2 rings (SSSR count). The summed E-state index contributed by atoms with van der Waals surface area (Å²) in [6, 6.07) is 1.70. The van der Waals surface area contributed by atoms with Crippen molar-refractivity contribution in [3.8, 4) is 0 Å². The summed E-state index contributed by atoms with van der Waals surface area (Å²) in [7, 11) is -1.77. The number of rotatable bonds is 7. The van der Waals surface area contributed by atoms with Crippen molar-refractivity contribution in [1.29, 1.82) is 0 Å². The van der Waals surface area contributed by atoms with Crippen molar-refractivity contribution >= 4 is 21.6 Å². The average molecular weight is 335 g/mol. The van der Waals surface area contributed by atoms with Gasteiger partial charge in [-0.3, -0.25) is 0 Å². The van der Waals surface area contributed by atoms with E-state index in [1.54, 1.807) is 23.7 Å². The summed E-state index contributed by atoms with van der Waals surface area (Å²) < 4.78 is 34.0. The number of alkyl halides is 1. The summed E-state index contributed by atoms with van der Waals surface area (Å²) >= 11 is 5.91. The van der Waals surface area contributed by atoms with Crippen molar-refractivity contribution in [1.82, 2.24) is 8.87 Å². The van der Waals surface area contributed by atoms with Crippen LogP contribution >= 0.6 is 11.6 Å². The Kier molecular flexibility index (Phi) is 5.71. The van der Waals surface area contributed by atoms with E-state index in [9.17, 15) is 8.42 Å². The van der Waals surface area contributed by atoms with Gasteiger partial charge in [-0.15, -0.1) is 11.6 Å². The number of methoxy groups -OCH3 is 1. The molecule has 0 N–H and O–H groups in total. The van der Waals surface area contributed by atoms with Crippen LogP contribution in [0, 0.1) is 5.92 Å². The minimum Gasteiger partial charge on any atom is -0.384 e. The van der Waals surface area contributed by atoms with Gasteiger partial charge in [-0.25, -0.2) is 8.42 Å². The third-order valence-corrected chi connectivity index (χ3v) is 5.96. The monoisotopic (exact) mass is 334 g/mol. The second kappa shape index (κ2) is 7.13. The number of nitrogens with zero attached hydrogens (tertiary/aromatic N) is 2. The Hall–Kier alpha value is -0.560. The zero-order chi connectivity index (χ0) is 15.5. The van der Waals surface area contributed by atoms with Crippen molar-refractivity contribution in [2.75, 3.05) is 26.8 Å². The summed E-state index contributed by atoms with van der Waals surface area (Å²) in [4.78, 5) is 0.352. The smallest absolute Gasteiger partial charge is 0.244 e. The van der Waals surface area contributed by atoms with Crippen molar-refractivity contribution in [3.63, 3.8) is 0 Å². The van der Waals surface area contributed by atoms with Crippen LogP contribution in [0.4, 0.5) is 0 Å². The first-order valence-corrected chi connectivity index (χ1v) is 9.24. The topological polar surface area (TPSA) is 51.5 Å². The van der Waals surface area contributed by atoms with Crippen LogP contribution in [0.1, 0.15) is 25.5 Å². The van der Waals surface area contributed by atoms with Crippen LogP contribution in [0.2, 0.25) is 0 Å². The number of halogens is 1. The van der Waals surface area contributed by atoms with Gasteiger partial charge in [0.25, 0.3) is 0 Å². The van der Waals surface area contributed by atoms with Crippen molar-refractivity contribution in [3.05, 3.63) is 18.0 Å². The Bertz CT molecular complexity index is 571. The normalized spacial score (nSPS) is 20.2. The summed E-state index contributed by atoms with van der Waals surface area (Å²) in [5, 5.41) is 0. The second-order valence-electron chi connectivity index (χ2n) is 5.47. The van der Waals surface area contributed by atoms with Gasteiger partial charge in [-0.1, -0.05) is 6.92 Å². The highest BCUT2D eigenvalue weighted by Crippen LogP contribution is 2.26. The molecule has 1 fully saturated rings. The van der Waals surface area contributed by atoms with Crippen LogP contribution in [0.15, 0.2) is 17.2 Å². The Morgan fingerprint density at radius 1 is 1.48 bits per heavy atom. The first kappa shape index (κ1) is 16.8. The van der Waals surface area contributed by atoms with Gasteiger partial charge in [0.1, 0.15) is 4.90 Å². The van der Waals surface area contributed by atoms with Crippen LogP contribution in [-0.2, 0) is 27.2 Å². The Labute approximate surface area is 131 Å². The van der Waals surface area contributed by atoms with E-state index in [0.717, 1.165) is 25.1 Å². The SMILES string of the molecule is CCCn1cc(S(=O)(=O)N2CCC(COC)C2)cc1CCl. The predicted octanol–water partition coefficient (Wildman–Crippen LogP) is 2.29. The van der Waals surface area contributed by atoms with Crippen LogP contribution in [0.3, 0.4) is 0 Å². The van der Waals surface area contributed by atoms with Gasteiger partial charge < -0.3 is 9.30 Å². The molecule has 1 atom stereocenters. The molecule has 0 spiro atoms. The van der Waals surface area contributed by atoms with E-state index >= 15 is 0 Å². The molecule has 1 unspecified atom stereocenters. The highest BCUT2D eigenvalue weighted by molar-refractivity contribution is 7.89. The summed E-state index contributed by atoms with van der Waals surface area (Å²) in [5.74, 6) is 0.608. The van der Waals surface area contributed by atoms with Gasteiger partial charge in [-0.2, -0.15) is 4.31 Å². The van der Waals surface area contributed by atoms with Crippen molar-refractivity contribution in [2.45, 2.75) is 37.1 Å². The maximum atomic E-state index is 12.7. The average Bonchev–Trinajstić information content (AvgIpc) is 3.07. The Morgan fingerprint density at radius 2 is 2.24 bits per heavy atom. The van der Waals surface area contributed by atoms with E-state index < -0.39 is 10.0 Å².